The van der Waals surface area contributed by atoms with Crippen LogP contribution in [0.5, 0.6) is 0 Å². The minimum atomic E-state index is 0.0518. The first-order chi connectivity index (χ1) is 15.7. The van der Waals surface area contributed by atoms with Gasteiger partial charge in [-0.25, -0.2) is 4.98 Å². The van der Waals surface area contributed by atoms with Gasteiger partial charge in [-0.15, -0.1) is 0 Å². The number of anilines is 1. The highest BCUT2D eigenvalue weighted by Gasteiger charge is 2.24. The number of nitrogens with zero attached hydrogens (tertiary/aromatic N) is 3. The van der Waals surface area contributed by atoms with E-state index in [4.69, 9.17) is 0 Å². The van der Waals surface area contributed by atoms with Gasteiger partial charge in [-0.1, -0.05) is 48.5 Å². The van der Waals surface area contributed by atoms with E-state index in [0.717, 1.165) is 36.5 Å². The average Bonchev–Trinajstić information content (AvgIpc) is 3.27. The molecule has 166 valence electrons. The van der Waals surface area contributed by atoms with E-state index in [1.54, 1.807) is 7.05 Å². The van der Waals surface area contributed by atoms with E-state index in [-0.39, 0.29) is 11.8 Å². The summed E-state index contributed by atoms with van der Waals surface area (Å²) >= 11 is 0. The summed E-state index contributed by atoms with van der Waals surface area (Å²) in [5.74, 6) is 1.84. The van der Waals surface area contributed by atoms with Crippen molar-refractivity contribution in [3.05, 3.63) is 83.9 Å². The standard InChI is InChI=1S/C25H30N6O/c1-26-25(28-17-20-16-24(32)30-22-12-6-5-11-21(20)22)29-18-23-27-13-15-31(23)14-7-10-19-8-3-2-4-9-19/h2-6,8-9,11-13,15,20H,7,10,14,16-18H2,1H3,(H,30,32)(H2,26,28,29). The Morgan fingerprint density at radius 2 is 1.97 bits per heavy atom. The van der Waals surface area contributed by atoms with Crippen LogP contribution in [0.15, 0.2) is 72.0 Å². The second-order valence-corrected chi connectivity index (χ2v) is 7.97. The fourth-order valence-corrected chi connectivity index (χ4v) is 4.10. The molecule has 1 aliphatic heterocycles. The van der Waals surface area contributed by atoms with Crippen LogP contribution in [0, 0.1) is 0 Å². The number of aryl methyl sites for hydroxylation is 2. The largest absolute Gasteiger partial charge is 0.356 e. The number of fused-ring (bicyclic) bond motifs is 1. The van der Waals surface area contributed by atoms with Crippen LogP contribution in [0.1, 0.15) is 35.7 Å². The predicted molar refractivity (Wildman–Crippen MR) is 128 cm³/mol. The van der Waals surface area contributed by atoms with Crippen LogP contribution >= 0.6 is 0 Å². The third-order valence-corrected chi connectivity index (χ3v) is 5.77. The maximum Gasteiger partial charge on any atom is 0.225 e. The van der Waals surface area contributed by atoms with Crippen molar-refractivity contribution in [3.63, 3.8) is 0 Å². The lowest BCUT2D eigenvalue weighted by Crippen LogP contribution is -2.40. The van der Waals surface area contributed by atoms with Gasteiger partial charge in [0.1, 0.15) is 5.82 Å². The zero-order valence-corrected chi connectivity index (χ0v) is 18.4. The van der Waals surface area contributed by atoms with Gasteiger partial charge in [-0.2, -0.15) is 0 Å². The van der Waals surface area contributed by atoms with Gasteiger partial charge in [0, 0.05) is 50.6 Å². The molecule has 1 amide bonds. The van der Waals surface area contributed by atoms with Crippen molar-refractivity contribution in [2.75, 3.05) is 18.9 Å². The SMILES string of the molecule is CN=C(NCc1nccn1CCCc1ccccc1)NCC1CC(=O)Nc2ccccc21. The average molecular weight is 431 g/mol. The van der Waals surface area contributed by atoms with Gasteiger partial charge >= 0.3 is 0 Å². The second kappa shape index (κ2) is 10.6. The number of benzene rings is 2. The molecule has 0 radical (unpaired) electrons. The molecule has 3 aromatic rings. The number of nitrogens with one attached hydrogen (secondary N) is 3. The highest BCUT2D eigenvalue weighted by Crippen LogP contribution is 2.31. The van der Waals surface area contributed by atoms with Crippen LogP contribution in [0.3, 0.4) is 0 Å². The lowest BCUT2D eigenvalue weighted by atomic mass is 9.90. The normalized spacial score (nSPS) is 15.7. The Bertz CT molecular complexity index is 1060. The lowest BCUT2D eigenvalue weighted by Gasteiger charge is -2.26. The Morgan fingerprint density at radius 1 is 1.16 bits per heavy atom. The number of guanidine groups is 1. The molecule has 1 atom stereocenters. The summed E-state index contributed by atoms with van der Waals surface area (Å²) < 4.78 is 2.19. The number of hydrogen-bond acceptors (Lipinski definition) is 3. The van der Waals surface area contributed by atoms with Crippen molar-refractivity contribution in [1.82, 2.24) is 20.2 Å². The molecule has 0 saturated heterocycles. The summed E-state index contributed by atoms with van der Waals surface area (Å²) in [7, 11) is 1.75. The van der Waals surface area contributed by atoms with Crippen LogP contribution < -0.4 is 16.0 Å². The molecule has 0 spiro atoms. The van der Waals surface area contributed by atoms with Gasteiger partial charge < -0.3 is 20.5 Å². The zero-order chi connectivity index (χ0) is 22.2. The molecule has 32 heavy (non-hydrogen) atoms. The topological polar surface area (TPSA) is 83.3 Å². The van der Waals surface area contributed by atoms with Crippen LogP contribution in [0.4, 0.5) is 5.69 Å². The molecule has 1 aromatic heterocycles. The van der Waals surface area contributed by atoms with E-state index in [1.807, 2.05) is 36.7 Å². The Kier molecular flexibility index (Phi) is 7.17. The zero-order valence-electron chi connectivity index (χ0n) is 18.4. The van der Waals surface area contributed by atoms with Crippen molar-refractivity contribution in [2.24, 2.45) is 4.99 Å². The fourth-order valence-electron chi connectivity index (χ4n) is 4.10. The van der Waals surface area contributed by atoms with Gasteiger partial charge in [-0.05, 0) is 30.0 Å². The molecule has 4 rings (SSSR count). The van der Waals surface area contributed by atoms with E-state index in [0.29, 0.717) is 25.5 Å². The molecule has 7 heteroatoms. The van der Waals surface area contributed by atoms with Gasteiger partial charge in [-0.3, -0.25) is 9.79 Å². The first-order valence-electron chi connectivity index (χ1n) is 11.1. The minimum Gasteiger partial charge on any atom is -0.356 e. The second-order valence-electron chi connectivity index (χ2n) is 7.97. The number of imidazole rings is 1. The van der Waals surface area contributed by atoms with E-state index in [1.165, 1.54) is 5.56 Å². The molecule has 7 nitrogen and oxygen atoms in total. The number of aromatic nitrogens is 2. The number of amides is 1. The Labute approximate surface area is 189 Å². The van der Waals surface area contributed by atoms with Crippen LogP contribution in [0.2, 0.25) is 0 Å². The molecule has 0 saturated carbocycles. The Hall–Kier alpha value is -3.61. The Morgan fingerprint density at radius 3 is 2.81 bits per heavy atom. The van der Waals surface area contributed by atoms with Crippen molar-refractivity contribution in [1.29, 1.82) is 0 Å². The first-order valence-corrected chi connectivity index (χ1v) is 11.1. The molecule has 2 aromatic carbocycles. The molecular weight excluding hydrogens is 400 g/mol. The summed E-state index contributed by atoms with van der Waals surface area (Å²) in [6.07, 6.45) is 6.44. The quantitative estimate of drug-likeness (QED) is 0.378. The maximum atomic E-state index is 12.1. The maximum absolute atomic E-state index is 12.1. The van der Waals surface area contributed by atoms with Crippen LogP contribution in [-0.2, 0) is 24.3 Å². The number of carbonyl (C=O) groups excluding carboxylic acids is 1. The molecule has 1 unspecified atom stereocenters. The summed E-state index contributed by atoms with van der Waals surface area (Å²) in [5, 5.41) is 9.66. The third kappa shape index (κ3) is 5.55. The molecular formula is C25H30N6O. The molecule has 0 bridgehead atoms. The van der Waals surface area contributed by atoms with Crippen LogP contribution in [-0.4, -0.2) is 35.0 Å². The van der Waals surface area contributed by atoms with Gasteiger partial charge in [0.15, 0.2) is 5.96 Å². The molecule has 1 aliphatic rings. The summed E-state index contributed by atoms with van der Waals surface area (Å²) in [5.41, 5.74) is 3.41. The highest BCUT2D eigenvalue weighted by molar-refractivity contribution is 5.94. The van der Waals surface area contributed by atoms with Crippen molar-refractivity contribution in [3.8, 4) is 0 Å². The molecule has 3 N–H and O–H groups in total. The number of para-hydroxylation sites is 1. The third-order valence-electron chi connectivity index (χ3n) is 5.77. The monoisotopic (exact) mass is 430 g/mol. The number of aliphatic imine (C=N–C) groups is 1. The molecule has 2 heterocycles. The smallest absolute Gasteiger partial charge is 0.225 e. The molecule has 0 aliphatic carbocycles. The van der Waals surface area contributed by atoms with Crippen molar-refractivity contribution >= 4 is 17.6 Å². The summed E-state index contributed by atoms with van der Waals surface area (Å²) in [6, 6.07) is 18.5. The van der Waals surface area contributed by atoms with Crippen LogP contribution in [0.25, 0.3) is 0 Å². The van der Waals surface area contributed by atoms with Gasteiger partial charge in [0.25, 0.3) is 0 Å². The van der Waals surface area contributed by atoms with E-state index in [9.17, 15) is 4.79 Å². The minimum absolute atomic E-state index is 0.0518. The fraction of sp³-hybridized carbons (Fsp3) is 0.320. The first kappa shape index (κ1) is 21.6. The van der Waals surface area contributed by atoms with Crippen molar-refractivity contribution in [2.45, 2.75) is 38.3 Å². The van der Waals surface area contributed by atoms with E-state index >= 15 is 0 Å². The van der Waals surface area contributed by atoms with Gasteiger partial charge in [0.2, 0.25) is 5.91 Å². The molecule has 0 fully saturated rings. The van der Waals surface area contributed by atoms with Gasteiger partial charge in [0.05, 0.1) is 6.54 Å². The van der Waals surface area contributed by atoms with E-state index < -0.39 is 0 Å². The summed E-state index contributed by atoms with van der Waals surface area (Å²) in [4.78, 5) is 20.9. The summed E-state index contributed by atoms with van der Waals surface area (Å²) in [6.45, 7) is 2.14. The van der Waals surface area contributed by atoms with Crippen molar-refractivity contribution < 1.29 is 4.79 Å². The Balaban J connectivity index is 1.27. The van der Waals surface area contributed by atoms with E-state index in [2.05, 4.69) is 60.8 Å². The lowest BCUT2D eigenvalue weighted by molar-refractivity contribution is -0.116. The predicted octanol–water partition coefficient (Wildman–Crippen LogP) is 3.31. The number of rotatable bonds is 8. The highest BCUT2D eigenvalue weighted by atomic mass is 16.1. The number of carbonyl (C=O) groups is 1. The number of hydrogen-bond donors (Lipinski definition) is 3.